The van der Waals surface area contributed by atoms with E-state index >= 15 is 0 Å². The molecule has 1 amide bonds. The molecule has 0 unspecified atom stereocenters. The number of fused-ring (bicyclic) bond motifs is 1. The van der Waals surface area contributed by atoms with Crippen molar-refractivity contribution in [2.75, 3.05) is 26.7 Å². The van der Waals surface area contributed by atoms with E-state index in [-0.39, 0.29) is 18.5 Å². The van der Waals surface area contributed by atoms with Crippen LogP contribution in [-0.2, 0) is 17.8 Å². The number of rotatable bonds is 7. The summed E-state index contributed by atoms with van der Waals surface area (Å²) in [5.41, 5.74) is 5.91. The molecule has 0 saturated carbocycles. The molecule has 0 aliphatic carbocycles. The van der Waals surface area contributed by atoms with Gasteiger partial charge in [0.15, 0.2) is 0 Å². The predicted octanol–water partition coefficient (Wildman–Crippen LogP) is 2.44. The minimum Gasteiger partial charge on any atom is -0.496 e. The number of hydrogen-bond donors (Lipinski definition) is 3. The molecule has 0 fully saturated rings. The normalized spacial score (nSPS) is 16.5. The number of aryl methyl sites for hydroxylation is 1. The number of carbonyl (C=O) groups excluding carboxylic acids is 1. The zero-order valence-electron chi connectivity index (χ0n) is 16.5. The number of hydroxylamine groups is 1. The van der Waals surface area contributed by atoms with Gasteiger partial charge in [0.2, 0.25) is 5.91 Å². The van der Waals surface area contributed by atoms with Gasteiger partial charge < -0.3 is 15.3 Å². The van der Waals surface area contributed by atoms with Gasteiger partial charge in [-0.25, -0.2) is 0 Å². The van der Waals surface area contributed by atoms with Gasteiger partial charge in [0.25, 0.3) is 0 Å². The number of methoxy groups -OCH3 is 1. The summed E-state index contributed by atoms with van der Waals surface area (Å²) in [7, 11) is 1.74. The van der Waals surface area contributed by atoms with E-state index in [0.29, 0.717) is 5.92 Å². The SMILES string of the molecule is COc1cc2c(cc1C(C)C)CCCCN(C[C@H](C)NC(=O)CNO)C2. The molecular formula is C20H33N3O3. The van der Waals surface area contributed by atoms with E-state index in [1.165, 1.54) is 23.1 Å². The Bertz CT molecular complexity index is 604. The molecule has 146 valence electrons. The molecule has 3 N–H and O–H groups in total. The quantitative estimate of drug-likeness (QED) is 0.649. The first-order valence-corrected chi connectivity index (χ1v) is 9.53. The third-order valence-corrected chi connectivity index (χ3v) is 4.92. The molecule has 0 radical (unpaired) electrons. The molecule has 1 aromatic rings. The Morgan fingerprint density at radius 1 is 1.27 bits per heavy atom. The van der Waals surface area contributed by atoms with Crippen LogP contribution in [0.1, 0.15) is 56.2 Å². The van der Waals surface area contributed by atoms with E-state index in [2.05, 4.69) is 36.2 Å². The highest BCUT2D eigenvalue weighted by Crippen LogP contribution is 2.32. The fraction of sp³-hybridized carbons (Fsp3) is 0.650. The molecule has 0 saturated heterocycles. The molecular weight excluding hydrogens is 330 g/mol. The molecule has 1 aliphatic rings. The van der Waals surface area contributed by atoms with Crippen LogP contribution in [0.15, 0.2) is 12.1 Å². The predicted molar refractivity (Wildman–Crippen MR) is 103 cm³/mol. The van der Waals surface area contributed by atoms with E-state index in [1.807, 2.05) is 12.4 Å². The van der Waals surface area contributed by atoms with Crippen LogP contribution < -0.4 is 15.5 Å². The molecule has 2 rings (SSSR count). The molecule has 26 heavy (non-hydrogen) atoms. The van der Waals surface area contributed by atoms with Crippen LogP contribution in [0.4, 0.5) is 0 Å². The van der Waals surface area contributed by atoms with Crippen LogP contribution >= 0.6 is 0 Å². The average Bonchev–Trinajstić information content (AvgIpc) is 2.56. The first kappa shape index (κ1) is 20.7. The molecule has 1 aliphatic heterocycles. The lowest BCUT2D eigenvalue weighted by Gasteiger charge is -2.30. The van der Waals surface area contributed by atoms with E-state index < -0.39 is 0 Å². The highest BCUT2D eigenvalue weighted by Gasteiger charge is 2.19. The monoisotopic (exact) mass is 363 g/mol. The van der Waals surface area contributed by atoms with Gasteiger partial charge in [-0.2, -0.15) is 5.48 Å². The van der Waals surface area contributed by atoms with Crippen LogP contribution in [-0.4, -0.2) is 48.8 Å². The second-order valence-electron chi connectivity index (χ2n) is 7.51. The van der Waals surface area contributed by atoms with Gasteiger partial charge >= 0.3 is 0 Å². The molecule has 0 bridgehead atoms. The second kappa shape index (κ2) is 9.90. The maximum Gasteiger partial charge on any atom is 0.236 e. The van der Waals surface area contributed by atoms with Gasteiger partial charge in [-0.1, -0.05) is 19.9 Å². The van der Waals surface area contributed by atoms with Gasteiger partial charge in [-0.3, -0.25) is 9.69 Å². The fourth-order valence-electron chi connectivity index (χ4n) is 3.65. The standard InChI is InChI=1S/C20H33N3O3/c1-14(2)18-9-16-7-5-6-8-23(13-17(16)10-19(18)26-4)12-15(3)22-20(24)11-21-25/h9-10,14-15,21,25H,5-8,11-13H2,1-4H3,(H,22,24)/t15-/m0/s1. The topological polar surface area (TPSA) is 73.8 Å². The van der Waals surface area contributed by atoms with Crippen molar-refractivity contribution in [2.45, 2.75) is 58.5 Å². The Labute approximate surface area is 156 Å². The highest BCUT2D eigenvalue weighted by molar-refractivity contribution is 5.78. The molecule has 1 aromatic carbocycles. The first-order chi connectivity index (χ1) is 12.4. The average molecular weight is 364 g/mol. The fourth-order valence-corrected chi connectivity index (χ4v) is 3.65. The van der Waals surface area contributed by atoms with E-state index in [4.69, 9.17) is 9.94 Å². The van der Waals surface area contributed by atoms with E-state index in [1.54, 1.807) is 7.11 Å². The maximum atomic E-state index is 11.6. The van der Waals surface area contributed by atoms with Crippen molar-refractivity contribution < 1.29 is 14.7 Å². The summed E-state index contributed by atoms with van der Waals surface area (Å²) >= 11 is 0. The Hall–Kier alpha value is -1.63. The van der Waals surface area contributed by atoms with Gasteiger partial charge in [0.05, 0.1) is 13.7 Å². The van der Waals surface area contributed by atoms with Crippen molar-refractivity contribution in [1.82, 2.24) is 15.7 Å². The number of nitrogens with one attached hydrogen (secondary N) is 2. The van der Waals surface area contributed by atoms with Crippen LogP contribution in [0.25, 0.3) is 0 Å². The number of nitrogens with zero attached hydrogens (tertiary/aromatic N) is 1. The minimum absolute atomic E-state index is 0.0237. The summed E-state index contributed by atoms with van der Waals surface area (Å²) in [6.45, 7) is 8.98. The summed E-state index contributed by atoms with van der Waals surface area (Å²) in [6.07, 6.45) is 3.44. The third kappa shape index (κ3) is 5.69. The Kier molecular flexibility index (Phi) is 7.87. The summed E-state index contributed by atoms with van der Waals surface area (Å²) < 4.78 is 5.63. The Morgan fingerprint density at radius 3 is 2.69 bits per heavy atom. The van der Waals surface area contributed by atoms with Crippen molar-refractivity contribution in [1.29, 1.82) is 0 Å². The number of ether oxygens (including phenoxy) is 1. The molecule has 0 spiro atoms. The van der Waals surface area contributed by atoms with E-state index in [0.717, 1.165) is 38.2 Å². The Balaban J connectivity index is 2.13. The van der Waals surface area contributed by atoms with Crippen molar-refractivity contribution in [3.63, 3.8) is 0 Å². The minimum atomic E-state index is -0.198. The maximum absolute atomic E-state index is 11.6. The summed E-state index contributed by atoms with van der Waals surface area (Å²) in [6, 6.07) is 4.54. The van der Waals surface area contributed by atoms with Crippen molar-refractivity contribution in [2.24, 2.45) is 0 Å². The molecule has 1 heterocycles. The van der Waals surface area contributed by atoms with Crippen LogP contribution in [0.2, 0.25) is 0 Å². The Morgan fingerprint density at radius 2 is 2.04 bits per heavy atom. The third-order valence-electron chi connectivity index (χ3n) is 4.92. The van der Waals surface area contributed by atoms with Gasteiger partial charge in [0, 0.05) is 19.1 Å². The molecule has 6 nitrogen and oxygen atoms in total. The zero-order valence-corrected chi connectivity index (χ0v) is 16.5. The van der Waals surface area contributed by atoms with Crippen LogP contribution in [0, 0.1) is 0 Å². The molecule has 1 atom stereocenters. The smallest absolute Gasteiger partial charge is 0.236 e. The van der Waals surface area contributed by atoms with Gasteiger partial charge in [-0.15, -0.1) is 0 Å². The first-order valence-electron chi connectivity index (χ1n) is 9.53. The summed E-state index contributed by atoms with van der Waals surface area (Å²) in [5, 5.41) is 11.5. The van der Waals surface area contributed by atoms with Crippen LogP contribution in [0.3, 0.4) is 0 Å². The number of carbonyl (C=O) groups is 1. The van der Waals surface area contributed by atoms with E-state index in [9.17, 15) is 4.79 Å². The summed E-state index contributed by atoms with van der Waals surface area (Å²) in [4.78, 5) is 14.0. The van der Waals surface area contributed by atoms with Gasteiger partial charge in [-0.05, 0) is 61.4 Å². The van der Waals surface area contributed by atoms with Crippen LogP contribution in [0.5, 0.6) is 5.75 Å². The second-order valence-corrected chi connectivity index (χ2v) is 7.51. The van der Waals surface area contributed by atoms with Crippen molar-refractivity contribution in [3.8, 4) is 5.75 Å². The molecule has 6 heteroatoms. The highest BCUT2D eigenvalue weighted by atomic mass is 16.5. The van der Waals surface area contributed by atoms with Crippen molar-refractivity contribution in [3.05, 3.63) is 28.8 Å². The number of hydrogen-bond acceptors (Lipinski definition) is 5. The number of benzene rings is 1. The summed E-state index contributed by atoms with van der Waals surface area (Å²) in [5.74, 6) is 1.21. The lowest BCUT2D eigenvalue weighted by atomic mass is 9.92. The molecule has 0 aromatic heterocycles. The zero-order chi connectivity index (χ0) is 19.1. The lowest BCUT2D eigenvalue weighted by Crippen LogP contribution is -2.44. The number of amides is 1. The lowest BCUT2D eigenvalue weighted by molar-refractivity contribution is -0.122. The largest absolute Gasteiger partial charge is 0.496 e. The van der Waals surface area contributed by atoms with Crippen molar-refractivity contribution >= 4 is 5.91 Å². The van der Waals surface area contributed by atoms with Gasteiger partial charge in [0.1, 0.15) is 5.75 Å².